The molecule has 0 saturated carbocycles. The summed E-state index contributed by atoms with van der Waals surface area (Å²) in [5.74, 6) is 0.733. The second kappa shape index (κ2) is 8.00. The average Bonchev–Trinajstić information content (AvgIpc) is 3.28. The Balaban J connectivity index is 1.69. The van der Waals surface area contributed by atoms with Crippen LogP contribution in [0.2, 0.25) is 0 Å². The molecule has 0 radical (unpaired) electrons. The van der Waals surface area contributed by atoms with Crippen molar-refractivity contribution in [1.29, 1.82) is 0 Å². The standard InChI is InChI=1S/C21H21NO3S2/c1-2-24-18-10-9-14-6-3-4-8-16(14)17(18)12-19-20(23)22(21(26)27-19)13-15-7-5-11-25-15/h3-4,6,8-10,12,15H,2,5,7,11,13H2,1H3/b19-12-/t15-/m0/s1. The minimum absolute atomic E-state index is 0.0455. The lowest BCUT2D eigenvalue weighted by atomic mass is 10.0. The molecule has 2 fully saturated rings. The van der Waals surface area contributed by atoms with Crippen molar-refractivity contribution >= 4 is 51.1 Å². The van der Waals surface area contributed by atoms with Crippen LogP contribution in [0.3, 0.4) is 0 Å². The predicted molar refractivity (Wildman–Crippen MR) is 114 cm³/mol. The summed E-state index contributed by atoms with van der Waals surface area (Å²) in [6.07, 6.45) is 4.03. The van der Waals surface area contributed by atoms with Gasteiger partial charge in [0.1, 0.15) is 10.1 Å². The Morgan fingerprint density at radius 3 is 2.96 bits per heavy atom. The largest absolute Gasteiger partial charge is 0.493 e. The predicted octanol–water partition coefficient (Wildman–Crippen LogP) is 4.62. The molecule has 1 atom stereocenters. The molecule has 0 bridgehead atoms. The van der Waals surface area contributed by atoms with E-state index in [4.69, 9.17) is 21.7 Å². The fourth-order valence-corrected chi connectivity index (χ4v) is 4.74. The Bertz CT molecular complexity index is 919. The van der Waals surface area contributed by atoms with Gasteiger partial charge in [0.15, 0.2) is 0 Å². The SMILES string of the molecule is CCOc1ccc2ccccc2c1/C=C1\SC(=S)N(C[C@@H]2CCCO2)C1=O. The average molecular weight is 400 g/mol. The Kier molecular flexibility index (Phi) is 5.48. The van der Waals surface area contributed by atoms with Gasteiger partial charge < -0.3 is 9.47 Å². The van der Waals surface area contributed by atoms with Crippen molar-refractivity contribution in [3.05, 3.63) is 46.9 Å². The normalized spacial score (nSPS) is 21.6. The van der Waals surface area contributed by atoms with Crippen molar-refractivity contribution in [2.24, 2.45) is 0 Å². The van der Waals surface area contributed by atoms with Crippen molar-refractivity contribution in [1.82, 2.24) is 4.90 Å². The summed E-state index contributed by atoms with van der Waals surface area (Å²) in [5.41, 5.74) is 0.924. The third-order valence-corrected chi connectivity index (χ3v) is 6.17. The van der Waals surface area contributed by atoms with E-state index < -0.39 is 0 Å². The number of hydrogen-bond acceptors (Lipinski definition) is 5. The van der Waals surface area contributed by atoms with Crippen molar-refractivity contribution in [2.45, 2.75) is 25.9 Å². The zero-order valence-electron chi connectivity index (χ0n) is 15.1. The first-order chi connectivity index (χ1) is 13.2. The molecule has 0 aromatic heterocycles. The van der Waals surface area contributed by atoms with Gasteiger partial charge in [-0.25, -0.2) is 0 Å². The van der Waals surface area contributed by atoms with Crippen molar-refractivity contribution < 1.29 is 14.3 Å². The van der Waals surface area contributed by atoms with Crippen LogP contribution in [-0.4, -0.2) is 41.0 Å². The quantitative estimate of drug-likeness (QED) is 0.542. The van der Waals surface area contributed by atoms with Gasteiger partial charge in [0.2, 0.25) is 0 Å². The van der Waals surface area contributed by atoms with Gasteiger partial charge in [-0.05, 0) is 42.7 Å². The van der Waals surface area contributed by atoms with E-state index in [2.05, 4.69) is 12.1 Å². The fraction of sp³-hybridized carbons (Fsp3) is 0.333. The van der Waals surface area contributed by atoms with E-state index in [1.54, 1.807) is 4.90 Å². The van der Waals surface area contributed by atoms with Gasteiger partial charge in [-0.1, -0.05) is 54.3 Å². The lowest BCUT2D eigenvalue weighted by Gasteiger charge is -2.18. The Morgan fingerprint density at radius 2 is 2.19 bits per heavy atom. The molecule has 2 aliphatic rings. The monoisotopic (exact) mass is 399 g/mol. The van der Waals surface area contributed by atoms with Gasteiger partial charge in [-0.2, -0.15) is 0 Å². The van der Waals surface area contributed by atoms with Crippen LogP contribution in [0.15, 0.2) is 41.3 Å². The highest BCUT2D eigenvalue weighted by Crippen LogP contribution is 2.37. The van der Waals surface area contributed by atoms with E-state index >= 15 is 0 Å². The molecule has 0 N–H and O–H groups in total. The van der Waals surface area contributed by atoms with Crippen molar-refractivity contribution in [3.8, 4) is 5.75 Å². The topological polar surface area (TPSA) is 38.8 Å². The zero-order valence-corrected chi connectivity index (χ0v) is 16.8. The summed E-state index contributed by atoms with van der Waals surface area (Å²) in [4.78, 5) is 15.3. The molecule has 2 aliphatic heterocycles. The summed E-state index contributed by atoms with van der Waals surface area (Å²) >= 11 is 6.82. The minimum Gasteiger partial charge on any atom is -0.493 e. The van der Waals surface area contributed by atoms with E-state index in [1.165, 1.54) is 11.8 Å². The molecule has 140 valence electrons. The summed E-state index contributed by atoms with van der Waals surface area (Å²) in [6.45, 7) is 3.83. The molecule has 2 saturated heterocycles. The third-order valence-electron chi connectivity index (χ3n) is 4.79. The van der Waals surface area contributed by atoms with Crippen molar-refractivity contribution in [2.75, 3.05) is 19.8 Å². The number of rotatable bonds is 5. The second-order valence-electron chi connectivity index (χ2n) is 6.56. The number of ether oxygens (including phenoxy) is 2. The highest BCUT2D eigenvalue weighted by Gasteiger charge is 2.34. The van der Waals surface area contributed by atoms with Crippen LogP contribution in [0.25, 0.3) is 16.8 Å². The van der Waals surface area contributed by atoms with Gasteiger partial charge >= 0.3 is 0 Å². The van der Waals surface area contributed by atoms with E-state index in [1.807, 2.05) is 37.3 Å². The van der Waals surface area contributed by atoms with Crippen LogP contribution in [0.4, 0.5) is 0 Å². The first-order valence-corrected chi connectivity index (χ1v) is 10.4. The molecule has 2 aromatic carbocycles. The molecule has 6 heteroatoms. The van der Waals surface area contributed by atoms with Crippen LogP contribution >= 0.6 is 24.0 Å². The van der Waals surface area contributed by atoms with Crippen LogP contribution in [-0.2, 0) is 9.53 Å². The molecular formula is C21H21NO3S2. The number of hydrogen-bond donors (Lipinski definition) is 0. The molecule has 1 amide bonds. The molecule has 4 rings (SSSR count). The zero-order chi connectivity index (χ0) is 18.8. The summed E-state index contributed by atoms with van der Waals surface area (Å²) in [5, 5.41) is 2.18. The molecule has 4 nitrogen and oxygen atoms in total. The maximum absolute atomic E-state index is 13.0. The van der Waals surface area contributed by atoms with Crippen LogP contribution in [0.5, 0.6) is 5.75 Å². The van der Waals surface area contributed by atoms with Crippen LogP contribution in [0.1, 0.15) is 25.3 Å². The smallest absolute Gasteiger partial charge is 0.266 e. The molecular weight excluding hydrogens is 378 g/mol. The highest BCUT2D eigenvalue weighted by molar-refractivity contribution is 8.26. The highest BCUT2D eigenvalue weighted by atomic mass is 32.2. The van der Waals surface area contributed by atoms with E-state index in [-0.39, 0.29) is 12.0 Å². The number of carbonyl (C=O) groups excluding carboxylic acids is 1. The summed E-state index contributed by atoms with van der Waals surface area (Å²) in [6, 6.07) is 12.1. The Morgan fingerprint density at radius 1 is 1.33 bits per heavy atom. The summed E-state index contributed by atoms with van der Waals surface area (Å²) in [7, 11) is 0. The first kappa shape index (κ1) is 18.5. The van der Waals surface area contributed by atoms with E-state index in [0.29, 0.717) is 22.4 Å². The van der Waals surface area contributed by atoms with Gasteiger partial charge in [0.05, 0.1) is 24.2 Å². The molecule has 0 unspecified atom stereocenters. The van der Waals surface area contributed by atoms with E-state index in [9.17, 15) is 4.79 Å². The number of fused-ring (bicyclic) bond motifs is 1. The van der Waals surface area contributed by atoms with Gasteiger partial charge in [-0.3, -0.25) is 9.69 Å². The van der Waals surface area contributed by atoms with Crippen LogP contribution < -0.4 is 4.74 Å². The lowest BCUT2D eigenvalue weighted by molar-refractivity contribution is -0.123. The van der Waals surface area contributed by atoms with Gasteiger partial charge in [0.25, 0.3) is 5.91 Å². The Labute approximate surface area is 168 Å². The number of thiocarbonyl (C=S) groups is 1. The number of carbonyl (C=O) groups is 1. The minimum atomic E-state index is -0.0455. The molecule has 0 spiro atoms. The van der Waals surface area contributed by atoms with Crippen LogP contribution in [0, 0.1) is 0 Å². The number of thioether (sulfide) groups is 1. The molecule has 2 aromatic rings. The molecule has 27 heavy (non-hydrogen) atoms. The summed E-state index contributed by atoms with van der Waals surface area (Å²) < 4.78 is 12.1. The maximum atomic E-state index is 13.0. The Hall–Kier alpha value is -1.89. The molecule has 2 heterocycles. The van der Waals surface area contributed by atoms with E-state index in [0.717, 1.165) is 41.5 Å². The lowest BCUT2D eigenvalue weighted by Crippen LogP contribution is -2.35. The van der Waals surface area contributed by atoms with Crippen molar-refractivity contribution in [3.63, 3.8) is 0 Å². The second-order valence-corrected chi connectivity index (χ2v) is 8.23. The number of amides is 1. The maximum Gasteiger partial charge on any atom is 0.266 e. The van der Waals surface area contributed by atoms with Gasteiger partial charge in [-0.15, -0.1) is 0 Å². The van der Waals surface area contributed by atoms with Gasteiger partial charge in [0, 0.05) is 12.2 Å². The first-order valence-electron chi connectivity index (χ1n) is 9.19. The third kappa shape index (κ3) is 3.74. The molecule has 0 aliphatic carbocycles. The number of benzene rings is 2. The number of nitrogens with zero attached hydrogens (tertiary/aromatic N) is 1. The fourth-order valence-electron chi connectivity index (χ4n) is 3.49.